The number of amides is 1. The van der Waals surface area contributed by atoms with Gasteiger partial charge in [-0.1, -0.05) is 6.07 Å². The zero-order valence-corrected chi connectivity index (χ0v) is 27.6. The number of likely N-dealkylation sites (tertiary alicyclic amines) is 2. The topological polar surface area (TPSA) is 148 Å². The molecule has 0 radical (unpaired) electrons. The molecule has 2 bridgehead atoms. The monoisotopic (exact) mass is 664 g/mol. The van der Waals surface area contributed by atoms with Crippen LogP contribution in [0, 0.1) is 16.7 Å². The summed E-state index contributed by atoms with van der Waals surface area (Å²) in [7, 11) is 1.63. The normalized spacial score (nSPS) is 21.9. The lowest BCUT2D eigenvalue weighted by Crippen LogP contribution is -2.68. The van der Waals surface area contributed by atoms with Gasteiger partial charge in [-0.15, -0.1) is 0 Å². The number of piperazine rings is 1. The summed E-state index contributed by atoms with van der Waals surface area (Å²) in [5, 5.41) is 23.6. The summed E-state index contributed by atoms with van der Waals surface area (Å²) in [6, 6.07) is 9.08. The van der Waals surface area contributed by atoms with Crippen molar-refractivity contribution in [1.29, 1.82) is 5.26 Å². The molecule has 0 aromatic carbocycles. The van der Waals surface area contributed by atoms with Gasteiger partial charge in [-0.2, -0.15) is 10.4 Å². The molecule has 9 heterocycles. The molecule has 5 aliphatic rings. The molecular formula is C35H40N10O4. The molecule has 4 aromatic rings. The predicted molar refractivity (Wildman–Crippen MR) is 179 cm³/mol. The van der Waals surface area contributed by atoms with Gasteiger partial charge in [-0.25, -0.2) is 19.3 Å². The van der Waals surface area contributed by atoms with E-state index in [2.05, 4.69) is 36.9 Å². The quantitative estimate of drug-likeness (QED) is 0.280. The molecule has 49 heavy (non-hydrogen) atoms. The molecule has 1 N–H and O–H groups in total. The number of methoxy groups -OCH3 is 1. The van der Waals surface area contributed by atoms with Crippen LogP contribution in [0.3, 0.4) is 0 Å². The molecule has 1 amide bonds. The summed E-state index contributed by atoms with van der Waals surface area (Å²) in [4.78, 5) is 34.2. The Hall–Kier alpha value is -5.00. The molecule has 14 nitrogen and oxygen atoms in total. The number of ether oxygens (including phenoxy) is 2. The third-order valence-electron chi connectivity index (χ3n) is 11.0. The van der Waals surface area contributed by atoms with Gasteiger partial charge in [0.15, 0.2) is 0 Å². The standard InChI is InChI=1S/C35H40N10O4/c1-48-32-3-2-24(15-39-32)19-44-26-12-27(44)21-43(20-26)31-18-37-30(17-38-31)29-13-28(22-45-33(29)25(14-36)16-40-45)49-11-10-41-7-4-35(5-8-41)6-9-42(23-35)34(46)47/h2-3,13,15-18,22,26-27H,4-12,19-21,23H2,1H3,(H,46,47). The van der Waals surface area contributed by atoms with E-state index in [1.165, 1.54) is 12.0 Å². The van der Waals surface area contributed by atoms with Gasteiger partial charge in [0.2, 0.25) is 5.88 Å². The van der Waals surface area contributed by atoms with E-state index in [0.29, 0.717) is 60.2 Å². The van der Waals surface area contributed by atoms with Crippen LogP contribution in [0.25, 0.3) is 16.8 Å². The van der Waals surface area contributed by atoms with E-state index in [-0.39, 0.29) is 5.41 Å². The summed E-state index contributed by atoms with van der Waals surface area (Å²) in [5.74, 6) is 2.12. The highest BCUT2D eigenvalue weighted by Gasteiger charge is 2.45. The number of anilines is 1. The van der Waals surface area contributed by atoms with Gasteiger partial charge >= 0.3 is 6.09 Å². The molecule has 5 saturated heterocycles. The van der Waals surface area contributed by atoms with Crippen LogP contribution in [0.1, 0.15) is 36.8 Å². The number of aromatic nitrogens is 5. The lowest BCUT2D eigenvalue weighted by molar-refractivity contribution is -0.00879. The Balaban J connectivity index is 0.907. The average molecular weight is 665 g/mol. The van der Waals surface area contributed by atoms with Crippen molar-refractivity contribution in [3.8, 4) is 29.0 Å². The third-order valence-corrected chi connectivity index (χ3v) is 11.0. The van der Waals surface area contributed by atoms with Gasteiger partial charge in [0, 0.05) is 69.2 Å². The van der Waals surface area contributed by atoms with Gasteiger partial charge in [0.1, 0.15) is 24.2 Å². The summed E-state index contributed by atoms with van der Waals surface area (Å²) in [6.45, 7) is 7.08. The number of rotatable bonds is 9. The molecule has 9 rings (SSSR count). The zero-order chi connectivity index (χ0) is 33.5. The van der Waals surface area contributed by atoms with Crippen molar-refractivity contribution < 1.29 is 19.4 Å². The largest absolute Gasteiger partial charge is 0.491 e. The van der Waals surface area contributed by atoms with Crippen LogP contribution in [0.5, 0.6) is 11.6 Å². The van der Waals surface area contributed by atoms with Gasteiger partial charge in [0.25, 0.3) is 0 Å². The maximum absolute atomic E-state index is 11.4. The number of fused-ring (bicyclic) bond motifs is 3. The number of pyridine rings is 2. The summed E-state index contributed by atoms with van der Waals surface area (Å²) in [5.41, 5.74) is 3.84. The Morgan fingerprint density at radius 3 is 2.55 bits per heavy atom. The number of hydrogen-bond donors (Lipinski definition) is 1. The van der Waals surface area contributed by atoms with Crippen LogP contribution in [0.2, 0.25) is 0 Å². The summed E-state index contributed by atoms with van der Waals surface area (Å²) < 4.78 is 13.1. The zero-order valence-electron chi connectivity index (χ0n) is 27.6. The Morgan fingerprint density at radius 2 is 1.88 bits per heavy atom. The first-order chi connectivity index (χ1) is 23.9. The van der Waals surface area contributed by atoms with E-state index in [1.807, 2.05) is 24.5 Å². The van der Waals surface area contributed by atoms with Crippen molar-refractivity contribution in [2.24, 2.45) is 5.41 Å². The van der Waals surface area contributed by atoms with Crippen LogP contribution in [-0.4, -0.2) is 122 Å². The molecule has 2 unspecified atom stereocenters. The van der Waals surface area contributed by atoms with Crippen molar-refractivity contribution in [1.82, 2.24) is 39.3 Å². The fraction of sp³-hybridized carbons (Fsp3) is 0.486. The third kappa shape index (κ3) is 6.08. The van der Waals surface area contributed by atoms with E-state index in [0.717, 1.165) is 69.9 Å². The molecule has 0 aliphatic carbocycles. The average Bonchev–Trinajstić information content (AvgIpc) is 3.76. The smallest absolute Gasteiger partial charge is 0.407 e. The molecular weight excluding hydrogens is 624 g/mol. The number of hydrogen-bond acceptors (Lipinski definition) is 11. The lowest BCUT2D eigenvalue weighted by atomic mass is 9.78. The van der Waals surface area contributed by atoms with Crippen molar-refractivity contribution >= 4 is 17.4 Å². The fourth-order valence-corrected chi connectivity index (χ4v) is 8.10. The minimum absolute atomic E-state index is 0.120. The maximum atomic E-state index is 11.4. The Bertz CT molecular complexity index is 1850. The second-order valence-corrected chi connectivity index (χ2v) is 13.8. The maximum Gasteiger partial charge on any atom is 0.407 e. The highest BCUT2D eigenvalue weighted by Crippen LogP contribution is 2.40. The minimum atomic E-state index is -0.810. The Labute approximate surface area is 284 Å². The highest BCUT2D eigenvalue weighted by atomic mass is 16.5. The summed E-state index contributed by atoms with van der Waals surface area (Å²) in [6.07, 6.45) is 12.2. The number of piperidine rings is 2. The molecule has 5 fully saturated rings. The van der Waals surface area contributed by atoms with Crippen LogP contribution < -0.4 is 14.4 Å². The van der Waals surface area contributed by atoms with Crippen LogP contribution in [0.4, 0.5) is 10.6 Å². The molecule has 4 aromatic heterocycles. The first kappa shape index (κ1) is 31.3. The number of nitriles is 1. The van der Waals surface area contributed by atoms with E-state index in [4.69, 9.17) is 19.4 Å². The van der Waals surface area contributed by atoms with Crippen molar-refractivity contribution in [3.05, 3.63) is 60.3 Å². The first-order valence-electron chi connectivity index (χ1n) is 17.0. The summed E-state index contributed by atoms with van der Waals surface area (Å²) >= 11 is 0. The van der Waals surface area contributed by atoms with Crippen LogP contribution in [-0.2, 0) is 6.54 Å². The van der Waals surface area contributed by atoms with E-state index < -0.39 is 6.09 Å². The van der Waals surface area contributed by atoms with Gasteiger partial charge in [-0.3, -0.25) is 14.8 Å². The van der Waals surface area contributed by atoms with Gasteiger partial charge in [-0.05, 0) is 55.8 Å². The molecule has 5 aliphatic heterocycles. The molecule has 254 valence electrons. The van der Waals surface area contributed by atoms with Crippen molar-refractivity contribution in [3.63, 3.8) is 0 Å². The SMILES string of the molecule is COc1ccc(CN2C3CC2CN(c2cnc(-c4cc(OCCN5CCC6(CC5)CCN(C(=O)O)C6)cn5ncc(C#N)c45)cn2)C3)cn1. The minimum Gasteiger partial charge on any atom is -0.491 e. The van der Waals surface area contributed by atoms with Crippen LogP contribution in [0.15, 0.2) is 49.2 Å². The van der Waals surface area contributed by atoms with Crippen molar-refractivity contribution in [2.75, 3.05) is 64.4 Å². The van der Waals surface area contributed by atoms with Gasteiger partial charge < -0.3 is 24.4 Å². The molecule has 2 atom stereocenters. The highest BCUT2D eigenvalue weighted by molar-refractivity contribution is 5.83. The van der Waals surface area contributed by atoms with Crippen LogP contribution >= 0.6 is 0 Å². The second-order valence-electron chi connectivity index (χ2n) is 13.8. The molecule has 1 spiro atoms. The molecule has 0 saturated carbocycles. The number of carbonyl (C=O) groups is 1. The van der Waals surface area contributed by atoms with Gasteiger partial charge in [0.05, 0.1) is 48.7 Å². The molecule has 14 heteroatoms. The van der Waals surface area contributed by atoms with E-state index >= 15 is 0 Å². The Kier molecular flexibility index (Phi) is 8.17. The predicted octanol–water partition coefficient (Wildman–Crippen LogP) is 3.37. The Morgan fingerprint density at radius 1 is 1.06 bits per heavy atom. The van der Waals surface area contributed by atoms with Crippen molar-refractivity contribution in [2.45, 2.75) is 44.3 Å². The number of nitrogens with zero attached hydrogens (tertiary/aromatic N) is 10. The lowest BCUT2D eigenvalue weighted by Gasteiger charge is -2.56. The van der Waals surface area contributed by atoms with E-state index in [1.54, 1.807) is 35.1 Å². The van der Waals surface area contributed by atoms with E-state index in [9.17, 15) is 15.2 Å². The fourth-order valence-electron chi connectivity index (χ4n) is 8.10. The first-order valence-corrected chi connectivity index (χ1v) is 17.0. The number of carboxylic acid groups (broad SMARTS) is 1. The second kappa shape index (κ2) is 12.8.